The standard InChI is InChI=1S/C22H27ClN2O6S/c1-29-19-11-6-15(20(30-2)21(19)31-3)13-24-22(26)16-5-4-12-25(14-16)32(27,28)18-9-7-17(23)8-10-18/h6-11,16H,4-5,12-14H2,1-3H3,(H,24,26)/t16-/m0/s1. The molecule has 1 aliphatic heterocycles. The summed E-state index contributed by atoms with van der Waals surface area (Å²) in [5.74, 6) is 0.784. The van der Waals surface area contributed by atoms with E-state index in [9.17, 15) is 13.2 Å². The first-order valence-corrected chi connectivity index (χ1v) is 11.9. The zero-order valence-corrected chi connectivity index (χ0v) is 19.8. The van der Waals surface area contributed by atoms with E-state index in [0.717, 1.165) is 5.56 Å². The van der Waals surface area contributed by atoms with Crippen molar-refractivity contribution in [2.75, 3.05) is 34.4 Å². The van der Waals surface area contributed by atoms with E-state index in [4.69, 9.17) is 25.8 Å². The fourth-order valence-electron chi connectivity index (χ4n) is 3.76. The lowest BCUT2D eigenvalue weighted by molar-refractivity contribution is -0.126. The Morgan fingerprint density at radius 2 is 1.75 bits per heavy atom. The second-order valence-corrected chi connectivity index (χ2v) is 9.74. The highest BCUT2D eigenvalue weighted by Gasteiger charge is 2.33. The van der Waals surface area contributed by atoms with Crippen molar-refractivity contribution >= 4 is 27.5 Å². The first-order valence-electron chi connectivity index (χ1n) is 10.1. The average Bonchev–Trinajstić information content (AvgIpc) is 2.82. The van der Waals surface area contributed by atoms with Crippen molar-refractivity contribution in [1.82, 2.24) is 9.62 Å². The van der Waals surface area contributed by atoms with Gasteiger partial charge in [-0.1, -0.05) is 11.6 Å². The molecule has 0 saturated carbocycles. The summed E-state index contributed by atoms with van der Waals surface area (Å²) in [4.78, 5) is 13.0. The van der Waals surface area contributed by atoms with Gasteiger partial charge in [-0.3, -0.25) is 4.79 Å². The maximum absolute atomic E-state index is 13.0. The minimum Gasteiger partial charge on any atom is -0.493 e. The molecule has 0 unspecified atom stereocenters. The minimum absolute atomic E-state index is 0.125. The van der Waals surface area contributed by atoms with Crippen LogP contribution in [0.4, 0.5) is 0 Å². The zero-order valence-electron chi connectivity index (χ0n) is 18.3. The van der Waals surface area contributed by atoms with E-state index in [2.05, 4.69) is 5.32 Å². The number of halogens is 1. The number of sulfonamides is 1. The van der Waals surface area contributed by atoms with Gasteiger partial charge in [0, 0.05) is 30.2 Å². The number of carbonyl (C=O) groups excluding carboxylic acids is 1. The van der Waals surface area contributed by atoms with Crippen molar-refractivity contribution < 1.29 is 27.4 Å². The summed E-state index contributed by atoms with van der Waals surface area (Å²) < 4.78 is 43.4. The Bertz CT molecular complexity index is 1060. The predicted octanol–water partition coefficient (Wildman–Crippen LogP) is 3.08. The number of hydrogen-bond acceptors (Lipinski definition) is 6. The Labute approximate surface area is 193 Å². The van der Waals surface area contributed by atoms with Crippen molar-refractivity contribution in [3.63, 3.8) is 0 Å². The van der Waals surface area contributed by atoms with Crippen LogP contribution in [0.15, 0.2) is 41.3 Å². The van der Waals surface area contributed by atoms with Crippen molar-refractivity contribution in [3.05, 3.63) is 47.0 Å². The van der Waals surface area contributed by atoms with Gasteiger partial charge in [-0.15, -0.1) is 0 Å². The first-order chi connectivity index (χ1) is 15.3. The van der Waals surface area contributed by atoms with Crippen LogP contribution in [0.3, 0.4) is 0 Å². The molecule has 1 fully saturated rings. The summed E-state index contributed by atoms with van der Waals surface area (Å²) in [5.41, 5.74) is 0.722. The number of ether oxygens (including phenoxy) is 3. The maximum atomic E-state index is 13.0. The number of amides is 1. The molecule has 1 atom stereocenters. The van der Waals surface area contributed by atoms with Crippen LogP contribution in [0.1, 0.15) is 18.4 Å². The van der Waals surface area contributed by atoms with Gasteiger partial charge in [-0.2, -0.15) is 4.31 Å². The molecule has 3 rings (SSSR count). The van der Waals surface area contributed by atoms with Gasteiger partial charge in [-0.25, -0.2) is 8.42 Å². The Kier molecular flexibility index (Phi) is 7.86. The van der Waals surface area contributed by atoms with E-state index in [1.165, 1.54) is 37.8 Å². The number of benzene rings is 2. The monoisotopic (exact) mass is 482 g/mol. The SMILES string of the molecule is COc1ccc(CNC(=O)[C@H]2CCCN(S(=O)(=O)c3ccc(Cl)cc3)C2)c(OC)c1OC. The highest BCUT2D eigenvalue weighted by atomic mass is 35.5. The molecule has 0 spiro atoms. The lowest BCUT2D eigenvalue weighted by atomic mass is 9.98. The normalized spacial score (nSPS) is 16.9. The second kappa shape index (κ2) is 10.4. The predicted molar refractivity (Wildman–Crippen MR) is 121 cm³/mol. The fourth-order valence-corrected chi connectivity index (χ4v) is 5.41. The molecular weight excluding hydrogens is 456 g/mol. The van der Waals surface area contributed by atoms with Crippen LogP contribution in [0.2, 0.25) is 5.02 Å². The highest BCUT2D eigenvalue weighted by molar-refractivity contribution is 7.89. The molecule has 10 heteroatoms. The molecule has 0 aromatic heterocycles. The quantitative estimate of drug-likeness (QED) is 0.621. The molecule has 1 aliphatic rings. The van der Waals surface area contributed by atoms with E-state index < -0.39 is 15.9 Å². The largest absolute Gasteiger partial charge is 0.493 e. The van der Waals surface area contributed by atoms with Gasteiger partial charge in [0.1, 0.15) is 0 Å². The number of piperidine rings is 1. The summed E-state index contributed by atoms with van der Waals surface area (Å²) in [6, 6.07) is 9.57. The molecule has 0 bridgehead atoms. The van der Waals surface area contributed by atoms with Crippen molar-refractivity contribution in [2.24, 2.45) is 5.92 Å². The third kappa shape index (κ3) is 5.11. The number of methoxy groups -OCH3 is 3. The van der Waals surface area contributed by atoms with E-state index in [1.807, 2.05) is 0 Å². The van der Waals surface area contributed by atoms with Gasteiger partial charge < -0.3 is 19.5 Å². The molecule has 2 aromatic carbocycles. The maximum Gasteiger partial charge on any atom is 0.243 e. The van der Waals surface area contributed by atoms with Gasteiger partial charge in [0.15, 0.2) is 11.5 Å². The molecule has 1 N–H and O–H groups in total. The lowest BCUT2D eigenvalue weighted by Crippen LogP contribution is -2.45. The Balaban J connectivity index is 1.69. The van der Waals surface area contributed by atoms with Crippen molar-refractivity contribution in [3.8, 4) is 17.2 Å². The van der Waals surface area contributed by atoms with Crippen molar-refractivity contribution in [2.45, 2.75) is 24.3 Å². The third-order valence-electron chi connectivity index (χ3n) is 5.45. The topological polar surface area (TPSA) is 94.2 Å². The molecule has 1 amide bonds. The molecule has 1 saturated heterocycles. The van der Waals surface area contributed by atoms with Crippen LogP contribution < -0.4 is 19.5 Å². The van der Waals surface area contributed by atoms with Crippen LogP contribution in [0.5, 0.6) is 17.2 Å². The molecule has 1 heterocycles. The van der Waals surface area contributed by atoms with Gasteiger partial charge in [0.25, 0.3) is 0 Å². The highest BCUT2D eigenvalue weighted by Crippen LogP contribution is 2.39. The second-order valence-electron chi connectivity index (χ2n) is 7.37. The molecular formula is C22H27ClN2O6S. The first kappa shape index (κ1) is 24.2. The molecule has 32 heavy (non-hydrogen) atoms. The number of hydrogen-bond donors (Lipinski definition) is 1. The smallest absolute Gasteiger partial charge is 0.243 e. The summed E-state index contributed by atoms with van der Waals surface area (Å²) in [5, 5.41) is 3.36. The molecule has 8 nitrogen and oxygen atoms in total. The van der Waals surface area contributed by atoms with Gasteiger partial charge in [0.05, 0.1) is 32.1 Å². The summed E-state index contributed by atoms with van der Waals surface area (Å²) in [7, 11) is 0.869. The van der Waals surface area contributed by atoms with Crippen LogP contribution in [-0.2, 0) is 21.4 Å². The average molecular weight is 483 g/mol. The number of nitrogens with one attached hydrogen (secondary N) is 1. The van der Waals surface area contributed by atoms with Crippen LogP contribution in [0.25, 0.3) is 0 Å². The Morgan fingerprint density at radius 3 is 2.38 bits per heavy atom. The van der Waals surface area contributed by atoms with Crippen LogP contribution in [0, 0.1) is 5.92 Å². The van der Waals surface area contributed by atoms with E-state index in [-0.39, 0.29) is 23.9 Å². The molecule has 174 valence electrons. The van der Waals surface area contributed by atoms with E-state index in [1.54, 1.807) is 24.3 Å². The summed E-state index contributed by atoms with van der Waals surface area (Å²) in [6.07, 6.45) is 1.21. The number of rotatable bonds is 8. The molecule has 2 aromatic rings. The van der Waals surface area contributed by atoms with Crippen molar-refractivity contribution in [1.29, 1.82) is 0 Å². The van der Waals surface area contributed by atoms with Crippen LogP contribution in [-0.4, -0.2) is 53.0 Å². The van der Waals surface area contributed by atoms with Crippen LogP contribution >= 0.6 is 11.6 Å². The summed E-state index contributed by atoms with van der Waals surface area (Å²) >= 11 is 5.87. The molecule has 0 radical (unpaired) electrons. The Morgan fingerprint density at radius 1 is 1.06 bits per heavy atom. The number of carbonyl (C=O) groups is 1. The van der Waals surface area contributed by atoms with Gasteiger partial charge in [0.2, 0.25) is 21.7 Å². The van der Waals surface area contributed by atoms with E-state index in [0.29, 0.717) is 41.7 Å². The Hall–Kier alpha value is -2.49. The fraction of sp³-hybridized carbons (Fsp3) is 0.409. The third-order valence-corrected chi connectivity index (χ3v) is 7.58. The number of nitrogens with zero attached hydrogens (tertiary/aromatic N) is 1. The molecule has 0 aliphatic carbocycles. The zero-order chi connectivity index (χ0) is 23.3. The lowest BCUT2D eigenvalue weighted by Gasteiger charge is -2.31. The summed E-state index contributed by atoms with van der Waals surface area (Å²) in [6.45, 7) is 0.709. The van der Waals surface area contributed by atoms with Gasteiger partial charge >= 0.3 is 0 Å². The van der Waals surface area contributed by atoms with E-state index >= 15 is 0 Å². The minimum atomic E-state index is -3.70. The van der Waals surface area contributed by atoms with Gasteiger partial charge in [-0.05, 0) is 49.2 Å².